The first-order valence-corrected chi connectivity index (χ1v) is 3.77. The van der Waals surface area contributed by atoms with Gasteiger partial charge in [-0.05, 0) is 0 Å². The molecule has 1 saturated heterocycles. The summed E-state index contributed by atoms with van der Waals surface area (Å²) in [6, 6.07) is 0. The average Bonchev–Trinajstić information content (AvgIpc) is 2.32. The summed E-state index contributed by atoms with van der Waals surface area (Å²) in [4.78, 5) is 3.53. The molecule has 0 spiro atoms. The summed E-state index contributed by atoms with van der Waals surface area (Å²) < 4.78 is 4.95. The van der Waals surface area contributed by atoms with Gasteiger partial charge in [0.15, 0.2) is 12.2 Å². The molecule has 4 atom stereocenters. The molecule has 1 heterocycles. The topological polar surface area (TPSA) is 134 Å². The van der Waals surface area contributed by atoms with Gasteiger partial charge in [0, 0.05) is 0 Å². The smallest absolute Gasteiger partial charge is 0.188 e. The lowest BCUT2D eigenvalue weighted by molar-refractivity contribution is -0.0194. The number of nitrogens with zero attached hydrogens (tertiary/aromatic N) is 1. The maximum atomic E-state index is 9.30. The van der Waals surface area contributed by atoms with Gasteiger partial charge in [0.2, 0.25) is 0 Å². The summed E-state index contributed by atoms with van der Waals surface area (Å²) >= 11 is 0. The molecule has 7 nitrogen and oxygen atoms in total. The van der Waals surface area contributed by atoms with Crippen LogP contribution in [-0.4, -0.2) is 52.4 Å². The third kappa shape index (κ3) is 2.07. The molecule has 0 bridgehead atoms. The van der Waals surface area contributed by atoms with Crippen molar-refractivity contribution in [2.75, 3.05) is 6.61 Å². The van der Waals surface area contributed by atoms with E-state index in [1.807, 2.05) is 0 Å². The van der Waals surface area contributed by atoms with Crippen molar-refractivity contribution < 1.29 is 20.1 Å². The normalized spacial score (nSPS) is 39.0. The Morgan fingerprint density at radius 3 is 2.31 bits per heavy atom. The number of guanidine groups is 1. The van der Waals surface area contributed by atoms with Gasteiger partial charge in [-0.1, -0.05) is 0 Å². The van der Waals surface area contributed by atoms with E-state index in [9.17, 15) is 10.2 Å². The molecular formula is C6H13N3O4. The van der Waals surface area contributed by atoms with E-state index < -0.39 is 31.1 Å². The Morgan fingerprint density at radius 1 is 1.31 bits per heavy atom. The van der Waals surface area contributed by atoms with Crippen molar-refractivity contribution in [3.8, 4) is 0 Å². The molecule has 1 aliphatic rings. The number of ether oxygens (including phenoxy) is 1. The van der Waals surface area contributed by atoms with Gasteiger partial charge in [-0.25, -0.2) is 4.99 Å². The monoisotopic (exact) mass is 191 g/mol. The van der Waals surface area contributed by atoms with Gasteiger partial charge in [-0.15, -0.1) is 0 Å². The minimum atomic E-state index is -1.21. The summed E-state index contributed by atoms with van der Waals surface area (Å²) in [7, 11) is 0. The molecular weight excluding hydrogens is 178 g/mol. The van der Waals surface area contributed by atoms with Crippen LogP contribution >= 0.6 is 0 Å². The van der Waals surface area contributed by atoms with Gasteiger partial charge in [0.05, 0.1) is 6.61 Å². The second-order valence-electron chi connectivity index (χ2n) is 2.78. The highest BCUT2D eigenvalue weighted by atomic mass is 16.6. The molecule has 7 N–H and O–H groups in total. The Morgan fingerprint density at radius 2 is 1.92 bits per heavy atom. The van der Waals surface area contributed by atoms with Crippen LogP contribution in [0.3, 0.4) is 0 Å². The van der Waals surface area contributed by atoms with Crippen molar-refractivity contribution in [2.45, 2.75) is 24.5 Å². The van der Waals surface area contributed by atoms with Crippen LogP contribution in [0.5, 0.6) is 0 Å². The second-order valence-corrected chi connectivity index (χ2v) is 2.78. The minimum Gasteiger partial charge on any atom is -0.394 e. The third-order valence-corrected chi connectivity index (χ3v) is 1.79. The van der Waals surface area contributed by atoms with Crippen molar-refractivity contribution in [1.29, 1.82) is 0 Å². The zero-order chi connectivity index (χ0) is 10.0. The number of nitrogens with two attached hydrogens (primary N) is 2. The molecule has 7 heteroatoms. The predicted molar refractivity (Wildman–Crippen MR) is 43.6 cm³/mol. The van der Waals surface area contributed by atoms with Crippen molar-refractivity contribution >= 4 is 5.96 Å². The third-order valence-electron chi connectivity index (χ3n) is 1.79. The minimum absolute atomic E-state index is 0.241. The Kier molecular flexibility index (Phi) is 3.04. The van der Waals surface area contributed by atoms with Gasteiger partial charge in [-0.2, -0.15) is 0 Å². The van der Waals surface area contributed by atoms with E-state index in [1.54, 1.807) is 0 Å². The number of aliphatic imine (C=N–C) groups is 1. The highest BCUT2D eigenvalue weighted by Crippen LogP contribution is 2.21. The first-order chi connectivity index (χ1) is 6.06. The van der Waals surface area contributed by atoms with Crippen molar-refractivity contribution in [2.24, 2.45) is 16.5 Å². The van der Waals surface area contributed by atoms with Crippen LogP contribution in [0.4, 0.5) is 0 Å². The molecule has 0 amide bonds. The number of aliphatic hydroxyl groups is 3. The molecule has 76 valence electrons. The van der Waals surface area contributed by atoms with Gasteiger partial charge < -0.3 is 31.5 Å². The maximum absolute atomic E-state index is 9.30. The van der Waals surface area contributed by atoms with Crippen LogP contribution in [0.15, 0.2) is 4.99 Å². The number of hydrogen-bond acceptors (Lipinski definition) is 5. The van der Waals surface area contributed by atoms with Crippen LogP contribution in [0.2, 0.25) is 0 Å². The maximum Gasteiger partial charge on any atom is 0.188 e. The van der Waals surface area contributed by atoms with E-state index in [-0.39, 0.29) is 5.96 Å². The molecule has 0 aromatic carbocycles. The summed E-state index contributed by atoms with van der Waals surface area (Å²) in [5.74, 6) is -0.241. The first-order valence-electron chi connectivity index (χ1n) is 3.77. The van der Waals surface area contributed by atoms with Gasteiger partial charge in [0.1, 0.15) is 18.3 Å². The lowest BCUT2D eigenvalue weighted by Gasteiger charge is -2.10. The van der Waals surface area contributed by atoms with E-state index >= 15 is 0 Å². The highest BCUT2D eigenvalue weighted by Gasteiger charge is 2.42. The second kappa shape index (κ2) is 3.88. The molecule has 0 aromatic heterocycles. The summed E-state index contributed by atoms with van der Waals surface area (Å²) in [5.41, 5.74) is 10.1. The SMILES string of the molecule is NC(N)=NC1O[C@H](CO)[C@@H](O)[C@H]1O. The summed E-state index contributed by atoms with van der Waals surface area (Å²) in [6.07, 6.45) is -4.22. The number of hydrogen-bond donors (Lipinski definition) is 5. The molecule has 1 unspecified atom stereocenters. The van der Waals surface area contributed by atoms with E-state index in [2.05, 4.69) is 4.99 Å². The lowest BCUT2D eigenvalue weighted by Crippen LogP contribution is -2.34. The van der Waals surface area contributed by atoms with Gasteiger partial charge in [0.25, 0.3) is 0 Å². The Bertz CT molecular complexity index is 206. The van der Waals surface area contributed by atoms with Crippen molar-refractivity contribution in [1.82, 2.24) is 0 Å². The zero-order valence-electron chi connectivity index (χ0n) is 6.87. The van der Waals surface area contributed by atoms with Crippen molar-refractivity contribution in [3.63, 3.8) is 0 Å². The Hall–Kier alpha value is -0.890. The molecule has 13 heavy (non-hydrogen) atoms. The van der Waals surface area contributed by atoms with E-state index in [0.29, 0.717) is 0 Å². The zero-order valence-corrected chi connectivity index (χ0v) is 6.87. The van der Waals surface area contributed by atoms with E-state index in [0.717, 1.165) is 0 Å². The van der Waals surface area contributed by atoms with Crippen LogP contribution < -0.4 is 11.5 Å². The van der Waals surface area contributed by atoms with Gasteiger partial charge >= 0.3 is 0 Å². The fraction of sp³-hybridized carbons (Fsp3) is 0.833. The van der Waals surface area contributed by atoms with Crippen LogP contribution in [0.1, 0.15) is 0 Å². The predicted octanol–water partition coefficient (Wildman–Crippen LogP) is -3.30. The first kappa shape index (κ1) is 10.2. The molecule has 1 rings (SSSR count). The standard InChI is InChI=1S/C6H13N3O4/c7-6(8)9-5-4(12)3(11)2(1-10)13-5/h2-5,10-12H,1H2,(H4,7,8,9)/t2-,3-,4-,5?/m1/s1. The average molecular weight is 191 g/mol. The highest BCUT2D eigenvalue weighted by molar-refractivity contribution is 5.75. The van der Waals surface area contributed by atoms with Gasteiger partial charge in [-0.3, -0.25) is 0 Å². The molecule has 0 radical (unpaired) electrons. The fourth-order valence-electron chi connectivity index (χ4n) is 1.13. The van der Waals surface area contributed by atoms with E-state index in [4.69, 9.17) is 21.3 Å². The van der Waals surface area contributed by atoms with Crippen LogP contribution in [0.25, 0.3) is 0 Å². The van der Waals surface area contributed by atoms with Crippen LogP contribution in [-0.2, 0) is 4.74 Å². The summed E-state index contributed by atoms with van der Waals surface area (Å²) in [5, 5.41) is 27.3. The quantitative estimate of drug-likeness (QED) is 0.229. The summed E-state index contributed by atoms with van der Waals surface area (Å²) in [6.45, 7) is -0.394. The molecule has 0 aromatic rings. The lowest BCUT2D eigenvalue weighted by atomic mass is 10.1. The van der Waals surface area contributed by atoms with E-state index in [1.165, 1.54) is 0 Å². The van der Waals surface area contributed by atoms with Crippen molar-refractivity contribution in [3.05, 3.63) is 0 Å². The number of aliphatic hydroxyl groups excluding tert-OH is 3. The molecule has 1 aliphatic heterocycles. The Balaban J connectivity index is 2.66. The molecule has 1 fully saturated rings. The molecule has 0 saturated carbocycles. The fourth-order valence-corrected chi connectivity index (χ4v) is 1.13. The largest absolute Gasteiger partial charge is 0.394 e. The molecule has 0 aliphatic carbocycles. The number of rotatable bonds is 2. The Labute approximate surface area is 74.6 Å². The van der Waals surface area contributed by atoms with Crippen LogP contribution in [0, 0.1) is 0 Å².